The highest BCUT2D eigenvalue weighted by Crippen LogP contribution is 2.26. The SMILES string of the molecule is O=C(NCc1nc(-c2cnccn2)n[nH]1)C1CCOc2ccccc2C1. The molecule has 0 saturated carbocycles. The molecule has 1 aliphatic rings. The topological polar surface area (TPSA) is 106 Å². The summed E-state index contributed by atoms with van der Waals surface area (Å²) in [5.41, 5.74) is 1.65. The Morgan fingerprint density at radius 3 is 3.12 bits per heavy atom. The third-order valence-corrected chi connectivity index (χ3v) is 4.29. The van der Waals surface area contributed by atoms with Crippen molar-refractivity contribution in [1.29, 1.82) is 0 Å². The zero-order valence-corrected chi connectivity index (χ0v) is 14.1. The standard InChI is InChI=1S/C18H18N6O2/c25-18(13-5-8-26-15-4-2-1-3-12(15)9-13)21-11-16-22-17(24-23-16)14-10-19-6-7-20-14/h1-4,6-7,10,13H,5,8-9,11H2,(H,21,25)(H,22,23,24). The molecular weight excluding hydrogens is 332 g/mol. The van der Waals surface area contributed by atoms with Crippen LogP contribution in [-0.4, -0.2) is 37.7 Å². The first-order chi connectivity index (χ1) is 12.8. The number of hydrogen-bond donors (Lipinski definition) is 2. The van der Waals surface area contributed by atoms with E-state index < -0.39 is 0 Å². The molecule has 1 unspecified atom stereocenters. The number of amides is 1. The van der Waals surface area contributed by atoms with Crippen LogP contribution in [0, 0.1) is 5.92 Å². The van der Waals surface area contributed by atoms with Crippen LogP contribution in [0.3, 0.4) is 0 Å². The van der Waals surface area contributed by atoms with Gasteiger partial charge in [-0.1, -0.05) is 18.2 Å². The number of benzene rings is 1. The predicted octanol–water partition coefficient (Wildman–Crippen LogP) is 1.52. The number of carbonyl (C=O) groups excluding carboxylic acids is 1. The van der Waals surface area contributed by atoms with Gasteiger partial charge in [-0.2, -0.15) is 5.10 Å². The summed E-state index contributed by atoms with van der Waals surface area (Å²) in [5, 5.41) is 9.86. The fourth-order valence-corrected chi connectivity index (χ4v) is 2.93. The highest BCUT2D eigenvalue weighted by molar-refractivity contribution is 5.79. The molecule has 0 spiro atoms. The Morgan fingerprint density at radius 2 is 2.23 bits per heavy atom. The third kappa shape index (κ3) is 3.53. The maximum Gasteiger partial charge on any atom is 0.223 e. The molecule has 0 saturated heterocycles. The van der Waals surface area contributed by atoms with Crippen molar-refractivity contribution in [2.75, 3.05) is 6.61 Å². The lowest BCUT2D eigenvalue weighted by atomic mass is 9.96. The molecule has 0 bridgehead atoms. The zero-order valence-electron chi connectivity index (χ0n) is 14.1. The Kier molecular flexibility index (Phi) is 4.55. The van der Waals surface area contributed by atoms with Crippen molar-refractivity contribution in [3.05, 3.63) is 54.2 Å². The van der Waals surface area contributed by atoms with Crippen LogP contribution in [0.2, 0.25) is 0 Å². The minimum absolute atomic E-state index is 0.0113. The van der Waals surface area contributed by atoms with Crippen LogP contribution < -0.4 is 10.1 Å². The molecule has 0 aliphatic carbocycles. The van der Waals surface area contributed by atoms with Gasteiger partial charge in [0.15, 0.2) is 0 Å². The lowest BCUT2D eigenvalue weighted by Crippen LogP contribution is -2.32. The van der Waals surface area contributed by atoms with Gasteiger partial charge in [0.1, 0.15) is 17.3 Å². The summed E-state index contributed by atoms with van der Waals surface area (Å²) in [5.74, 6) is 1.76. The summed E-state index contributed by atoms with van der Waals surface area (Å²) in [7, 11) is 0. The number of fused-ring (bicyclic) bond motifs is 1. The summed E-state index contributed by atoms with van der Waals surface area (Å²) in [6.07, 6.45) is 6.12. The van der Waals surface area contributed by atoms with Gasteiger partial charge in [-0.05, 0) is 24.5 Å². The normalized spacial score (nSPS) is 16.2. The molecule has 0 fully saturated rings. The number of nitrogens with zero attached hydrogens (tertiary/aromatic N) is 4. The number of ether oxygens (including phenoxy) is 1. The second kappa shape index (κ2) is 7.30. The van der Waals surface area contributed by atoms with Crippen molar-refractivity contribution in [2.24, 2.45) is 5.92 Å². The Bertz CT molecular complexity index is 895. The minimum Gasteiger partial charge on any atom is -0.493 e. The van der Waals surface area contributed by atoms with E-state index in [4.69, 9.17) is 4.74 Å². The summed E-state index contributed by atoms with van der Waals surface area (Å²) in [6, 6.07) is 7.85. The second-order valence-corrected chi connectivity index (χ2v) is 6.06. The van der Waals surface area contributed by atoms with Crippen LogP contribution in [0.4, 0.5) is 0 Å². The molecule has 132 valence electrons. The average Bonchev–Trinajstić information content (AvgIpc) is 3.05. The van der Waals surface area contributed by atoms with Gasteiger partial charge in [0.2, 0.25) is 11.7 Å². The van der Waals surface area contributed by atoms with E-state index in [0.29, 0.717) is 36.8 Å². The molecule has 2 aromatic heterocycles. The highest BCUT2D eigenvalue weighted by Gasteiger charge is 2.23. The van der Waals surface area contributed by atoms with E-state index >= 15 is 0 Å². The second-order valence-electron chi connectivity index (χ2n) is 6.06. The number of aromatic amines is 1. The predicted molar refractivity (Wildman–Crippen MR) is 93.0 cm³/mol. The van der Waals surface area contributed by atoms with Crippen LogP contribution in [-0.2, 0) is 17.8 Å². The maximum atomic E-state index is 12.6. The Morgan fingerprint density at radius 1 is 1.31 bits per heavy atom. The fourth-order valence-electron chi connectivity index (χ4n) is 2.93. The van der Waals surface area contributed by atoms with E-state index in [2.05, 4.69) is 30.5 Å². The van der Waals surface area contributed by atoms with Crippen molar-refractivity contribution in [3.63, 3.8) is 0 Å². The van der Waals surface area contributed by atoms with Gasteiger partial charge in [-0.3, -0.25) is 14.9 Å². The fraction of sp³-hybridized carbons (Fsp3) is 0.278. The molecule has 8 heteroatoms. The van der Waals surface area contributed by atoms with Crippen LogP contribution in [0.15, 0.2) is 42.9 Å². The van der Waals surface area contributed by atoms with Gasteiger partial charge in [0, 0.05) is 18.3 Å². The number of para-hydroxylation sites is 1. The highest BCUT2D eigenvalue weighted by atomic mass is 16.5. The first-order valence-corrected chi connectivity index (χ1v) is 8.45. The molecular formula is C18H18N6O2. The van der Waals surface area contributed by atoms with E-state index in [0.717, 1.165) is 11.3 Å². The molecule has 1 aromatic carbocycles. The molecule has 8 nitrogen and oxygen atoms in total. The monoisotopic (exact) mass is 350 g/mol. The lowest BCUT2D eigenvalue weighted by molar-refractivity contribution is -0.125. The molecule has 4 rings (SSSR count). The number of H-pyrrole nitrogens is 1. The number of aromatic nitrogens is 5. The first-order valence-electron chi connectivity index (χ1n) is 8.45. The zero-order chi connectivity index (χ0) is 17.8. The Hall–Kier alpha value is -3.29. The smallest absolute Gasteiger partial charge is 0.223 e. The molecule has 1 atom stereocenters. The van der Waals surface area contributed by atoms with Gasteiger partial charge in [0.05, 0.1) is 19.3 Å². The summed E-state index contributed by atoms with van der Waals surface area (Å²) >= 11 is 0. The van der Waals surface area contributed by atoms with Crippen LogP contribution >= 0.6 is 0 Å². The lowest BCUT2D eigenvalue weighted by Gasteiger charge is -2.13. The van der Waals surface area contributed by atoms with Gasteiger partial charge < -0.3 is 10.1 Å². The van der Waals surface area contributed by atoms with Crippen molar-refractivity contribution in [3.8, 4) is 17.3 Å². The third-order valence-electron chi connectivity index (χ3n) is 4.29. The number of rotatable bonds is 4. The molecule has 1 aliphatic heterocycles. The molecule has 3 aromatic rings. The summed E-state index contributed by atoms with van der Waals surface area (Å²) < 4.78 is 5.72. The average molecular weight is 350 g/mol. The van der Waals surface area contributed by atoms with Gasteiger partial charge in [0.25, 0.3) is 0 Å². The van der Waals surface area contributed by atoms with Gasteiger partial charge in [-0.25, -0.2) is 9.97 Å². The molecule has 26 heavy (non-hydrogen) atoms. The molecule has 1 amide bonds. The van der Waals surface area contributed by atoms with Gasteiger partial charge in [-0.15, -0.1) is 0 Å². The van der Waals surface area contributed by atoms with Crippen LogP contribution in [0.25, 0.3) is 11.5 Å². The number of nitrogens with one attached hydrogen (secondary N) is 2. The quantitative estimate of drug-likeness (QED) is 0.739. The van der Waals surface area contributed by atoms with E-state index in [1.54, 1.807) is 18.6 Å². The van der Waals surface area contributed by atoms with Gasteiger partial charge >= 0.3 is 0 Å². The Labute approximate surface area is 150 Å². The number of carbonyl (C=O) groups is 1. The first kappa shape index (κ1) is 16.2. The van der Waals surface area contributed by atoms with Crippen molar-refractivity contribution in [2.45, 2.75) is 19.4 Å². The molecule has 2 N–H and O–H groups in total. The van der Waals surface area contributed by atoms with Crippen LogP contribution in [0.5, 0.6) is 5.75 Å². The summed E-state index contributed by atoms with van der Waals surface area (Å²) in [4.78, 5) is 25.1. The minimum atomic E-state index is -0.124. The van der Waals surface area contributed by atoms with E-state index in [1.807, 2.05) is 24.3 Å². The van der Waals surface area contributed by atoms with E-state index in [1.165, 1.54) is 0 Å². The maximum absolute atomic E-state index is 12.6. The molecule has 0 radical (unpaired) electrons. The number of hydrogen-bond acceptors (Lipinski definition) is 6. The van der Waals surface area contributed by atoms with Crippen LogP contribution in [0.1, 0.15) is 17.8 Å². The van der Waals surface area contributed by atoms with E-state index in [-0.39, 0.29) is 18.4 Å². The summed E-state index contributed by atoms with van der Waals surface area (Å²) in [6.45, 7) is 0.819. The van der Waals surface area contributed by atoms with E-state index in [9.17, 15) is 4.79 Å². The largest absolute Gasteiger partial charge is 0.493 e. The van der Waals surface area contributed by atoms with Crippen molar-refractivity contribution in [1.82, 2.24) is 30.5 Å². The van der Waals surface area contributed by atoms with Crippen molar-refractivity contribution < 1.29 is 9.53 Å². The Balaban J connectivity index is 1.38. The molecule has 3 heterocycles. The van der Waals surface area contributed by atoms with Crippen molar-refractivity contribution >= 4 is 5.91 Å².